The second-order valence-electron chi connectivity index (χ2n) is 8.40. The van der Waals surface area contributed by atoms with Gasteiger partial charge in [0.2, 0.25) is 0 Å². The third-order valence-electron chi connectivity index (χ3n) is 4.87. The highest BCUT2D eigenvalue weighted by Crippen LogP contribution is 2.24. The lowest BCUT2D eigenvalue weighted by molar-refractivity contribution is 0.0821. The largest absolute Gasteiger partial charge is 0.491 e. The molecule has 0 saturated heterocycles. The number of nitrogens with zero attached hydrogens (tertiary/aromatic N) is 2. The lowest BCUT2D eigenvalue weighted by Gasteiger charge is -2.10. The lowest BCUT2D eigenvalue weighted by atomic mass is 10.1. The van der Waals surface area contributed by atoms with Crippen LogP contribution in [-0.4, -0.2) is 95.8 Å². The van der Waals surface area contributed by atoms with Crippen LogP contribution in [0.15, 0.2) is 63.8 Å². The average Bonchev–Trinajstić information content (AvgIpc) is 2.84. The van der Waals surface area contributed by atoms with Gasteiger partial charge in [0, 0.05) is 24.7 Å². The van der Waals surface area contributed by atoms with Gasteiger partial charge >= 0.3 is 0 Å². The molecular formula is C27H38N2O6. The molecule has 8 nitrogen and oxygen atoms in total. The highest BCUT2D eigenvalue weighted by atomic mass is 16.5. The van der Waals surface area contributed by atoms with E-state index in [-0.39, 0.29) is 12.0 Å². The Morgan fingerprint density at radius 1 is 0.800 bits per heavy atom. The SMILES string of the molecule is CN(C)CCOCCO.CN(C)CCOCCOc1ccc(-c2cc(=O)c3ccccc3o2)cc1. The predicted molar refractivity (Wildman–Crippen MR) is 139 cm³/mol. The number of hydrogen-bond acceptors (Lipinski definition) is 8. The van der Waals surface area contributed by atoms with E-state index in [1.54, 1.807) is 12.1 Å². The first-order chi connectivity index (χ1) is 16.9. The van der Waals surface area contributed by atoms with Gasteiger partial charge < -0.3 is 33.5 Å². The molecule has 0 aliphatic heterocycles. The van der Waals surface area contributed by atoms with E-state index in [9.17, 15) is 4.79 Å². The van der Waals surface area contributed by atoms with Gasteiger partial charge in [-0.25, -0.2) is 0 Å². The quantitative estimate of drug-likeness (QED) is 0.369. The molecule has 0 spiro atoms. The molecule has 3 rings (SSSR count). The van der Waals surface area contributed by atoms with Crippen molar-refractivity contribution < 1.29 is 23.7 Å². The van der Waals surface area contributed by atoms with Crippen molar-refractivity contribution in [1.82, 2.24) is 9.80 Å². The number of hydrogen-bond donors (Lipinski definition) is 1. The summed E-state index contributed by atoms with van der Waals surface area (Å²) in [5, 5.41) is 8.88. The summed E-state index contributed by atoms with van der Waals surface area (Å²) < 4.78 is 22.0. The Morgan fingerprint density at radius 2 is 1.43 bits per heavy atom. The smallest absolute Gasteiger partial charge is 0.193 e. The van der Waals surface area contributed by atoms with E-state index in [4.69, 9.17) is 23.7 Å². The summed E-state index contributed by atoms with van der Waals surface area (Å²) in [4.78, 5) is 16.3. The topological polar surface area (TPSA) is 84.6 Å². The summed E-state index contributed by atoms with van der Waals surface area (Å²) in [6, 6.07) is 16.3. The number of benzene rings is 2. The van der Waals surface area contributed by atoms with Crippen LogP contribution in [-0.2, 0) is 9.47 Å². The molecule has 0 fully saturated rings. The number of likely N-dealkylation sites (N-methyl/N-ethyl adjacent to an activating group) is 2. The van der Waals surface area contributed by atoms with E-state index in [1.165, 1.54) is 6.07 Å². The molecule has 0 radical (unpaired) electrons. The van der Waals surface area contributed by atoms with Crippen molar-refractivity contribution in [2.75, 3.05) is 80.9 Å². The van der Waals surface area contributed by atoms with Crippen LogP contribution in [0.4, 0.5) is 0 Å². The van der Waals surface area contributed by atoms with Gasteiger partial charge in [0.25, 0.3) is 0 Å². The minimum atomic E-state index is -0.0444. The number of fused-ring (bicyclic) bond motifs is 1. The summed E-state index contributed by atoms with van der Waals surface area (Å²) in [5.41, 5.74) is 1.38. The standard InChI is InChI=1S/C21H23NO4.C6H15NO2/c1-22(2)11-12-24-13-14-25-17-9-7-16(8-10-17)21-15-19(23)18-5-3-4-6-20(18)26-21;1-7(2)3-5-9-6-4-8/h3-10,15H,11-14H2,1-2H3;8H,3-6H2,1-2H3. The van der Waals surface area contributed by atoms with Gasteiger partial charge in [0.05, 0.1) is 38.4 Å². The minimum absolute atomic E-state index is 0.0444. The molecule has 0 amide bonds. The van der Waals surface area contributed by atoms with Crippen LogP contribution < -0.4 is 10.2 Å². The Balaban J connectivity index is 0.000000410. The van der Waals surface area contributed by atoms with Gasteiger partial charge in [0.1, 0.15) is 23.7 Å². The van der Waals surface area contributed by atoms with Gasteiger partial charge in [-0.15, -0.1) is 0 Å². The third-order valence-corrected chi connectivity index (χ3v) is 4.87. The molecular weight excluding hydrogens is 448 g/mol. The maximum atomic E-state index is 12.2. The van der Waals surface area contributed by atoms with Crippen molar-refractivity contribution >= 4 is 11.0 Å². The van der Waals surface area contributed by atoms with Gasteiger partial charge in [-0.2, -0.15) is 0 Å². The van der Waals surface area contributed by atoms with Crippen LogP contribution in [0.5, 0.6) is 5.75 Å². The fraction of sp³-hybridized carbons (Fsp3) is 0.444. The molecule has 3 aromatic rings. The molecule has 0 aliphatic rings. The van der Waals surface area contributed by atoms with Crippen LogP contribution in [0.3, 0.4) is 0 Å². The zero-order chi connectivity index (χ0) is 25.5. The van der Waals surface area contributed by atoms with E-state index in [2.05, 4.69) is 4.90 Å². The van der Waals surface area contributed by atoms with Crippen LogP contribution in [0.25, 0.3) is 22.3 Å². The molecule has 2 aromatic carbocycles. The van der Waals surface area contributed by atoms with E-state index in [1.807, 2.05) is 69.5 Å². The van der Waals surface area contributed by atoms with Crippen LogP contribution in [0.2, 0.25) is 0 Å². The number of aliphatic hydroxyl groups excluding tert-OH is 1. The molecule has 192 valence electrons. The van der Waals surface area contributed by atoms with E-state index in [0.717, 1.165) is 24.4 Å². The lowest BCUT2D eigenvalue weighted by Crippen LogP contribution is -2.19. The van der Waals surface area contributed by atoms with E-state index >= 15 is 0 Å². The Hall–Kier alpha value is -2.75. The second-order valence-corrected chi connectivity index (χ2v) is 8.40. The molecule has 0 saturated carbocycles. The predicted octanol–water partition coefficient (Wildman–Crippen LogP) is 2.97. The van der Waals surface area contributed by atoms with Crippen molar-refractivity contribution in [3.8, 4) is 17.1 Å². The number of aliphatic hydroxyl groups is 1. The van der Waals surface area contributed by atoms with Crippen molar-refractivity contribution in [3.05, 3.63) is 64.8 Å². The maximum Gasteiger partial charge on any atom is 0.193 e. The first kappa shape index (κ1) is 28.5. The summed E-state index contributed by atoms with van der Waals surface area (Å²) in [6.45, 7) is 4.82. The fourth-order valence-electron chi connectivity index (χ4n) is 2.94. The highest BCUT2D eigenvalue weighted by Gasteiger charge is 2.07. The monoisotopic (exact) mass is 486 g/mol. The molecule has 0 atom stereocenters. The van der Waals surface area contributed by atoms with Crippen molar-refractivity contribution in [1.29, 1.82) is 0 Å². The Kier molecular flexibility index (Phi) is 13.0. The number of rotatable bonds is 13. The van der Waals surface area contributed by atoms with Crippen molar-refractivity contribution in [2.45, 2.75) is 0 Å². The Labute approximate surface area is 207 Å². The van der Waals surface area contributed by atoms with Crippen molar-refractivity contribution in [3.63, 3.8) is 0 Å². The average molecular weight is 487 g/mol. The highest BCUT2D eigenvalue weighted by molar-refractivity contribution is 5.78. The molecule has 8 heteroatoms. The summed E-state index contributed by atoms with van der Waals surface area (Å²) in [6.07, 6.45) is 0. The van der Waals surface area contributed by atoms with Gasteiger partial charge in [-0.3, -0.25) is 4.79 Å². The minimum Gasteiger partial charge on any atom is -0.491 e. The van der Waals surface area contributed by atoms with Gasteiger partial charge in [-0.1, -0.05) is 12.1 Å². The van der Waals surface area contributed by atoms with Gasteiger partial charge in [0.15, 0.2) is 5.43 Å². The molecule has 0 aliphatic carbocycles. The molecule has 1 N–H and O–H groups in total. The number of ether oxygens (including phenoxy) is 3. The van der Waals surface area contributed by atoms with E-state index in [0.29, 0.717) is 49.8 Å². The summed E-state index contributed by atoms with van der Waals surface area (Å²) in [5.74, 6) is 1.31. The summed E-state index contributed by atoms with van der Waals surface area (Å²) in [7, 11) is 8.00. The van der Waals surface area contributed by atoms with Crippen molar-refractivity contribution in [2.24, 2.45) is 0 Å². The normalized spacial score (nSPS) is 11.1. The molecule has 1 aromatic heterocycles. The van der Waals surface area contributed by atoms with Gasteiger partial charge in [-0.05, 0) is 64.6 Å². The summed E-state index contributed by atoms with van der Waals surface area (Å²) >= 11 is 0. The zero-order valence-corrected chi connectivity index (χ0v) is 21.2. The first-order valence-electron chi connectivity index (χ1n) is 11.7. The zero-order valence-electron chi connectivity index (χ0n) is 21.2. The second kappa shape index (κ2) is 16.0. The number of para-hydroxylation sites is 1. The Bertz CT molecular complexity index is 1030. The van der Waals surface area contributed by atoms with Crippen LogP contribution >= 0.6 is 0 Å². The third kappa shape index (κ3) is 11.0. The fourth-order valence-corrected chi connectivity index (χ4v) is 2.94. The maximum absolute atomic E-state index is 12.2. The Morgan fingerprint density at radius 3 is 2.06 bits per heavy atom. The molecule has 0 unspecified atom stereocenters. The molecule has 0 bridgehead atoms. The molecule has 35 heavy (non-hydrogen) atoms. The van der Waals surface area contributed by atoms with Crippen LogP contribution in [0.1, 0.15) is 0 Å². The molecule has 1 heterocycles. The van der Waals surface area contributed by atoms with E-state index < -0.39 is 0 Å². The first-order valence-corrected chi connectivity index (χ1v) is 11.7. The van der Waals surface area contributed by atoms with Crippen LogP contribution in [0, 0.1) is 0 Å².